The van der Waals surface area contributed by atoms with Crippen LogP contribution in [0.15, 0.2) is 0 Å². The molecule has 1 fully saturated rings. The number of thiazole rings is 1. The van der Waals surface area contributed by atoms with Crippen LogP contribution in [-0.2, 0) is 0 Å². The number of hydrogen-bond acceptors (Lipinski definition) is 5. The molecular weight excluding hydrogens is 212 g/mol. The fourth-order valence-corrected chi connectivity index (χ4v) is 2.54. The molecule has 6 heteroatoms. The Morgan fingerprint density at radius 3 is 2.87 bits per heavy atom. The molecule has 0 unspecified atom stereocenters. The fraction of sp³-hybridized carbons (Fsp3) is 0.556. The van der Waals surface area contributed by atoms with Gasteiger partial charge in [-0.1, -0.05) is 11.3 Å². The van der Waals surface area contributed by atoms with Crippen molar-refractivity contribution in [3.63, 3.8) is 0 Å². The van der Waals surface area contributed by atoms with Crippen molar-refractivity contribution in [3.8, 4) is 0 Å². The molecule has 2 heterocycles. The third kappa shape index (κ3) is 1.82. The van der Waals surface area contributed by atoms with Crippen molar-refractivity contribution in [2.75, 3.05) is 25.0 Å². The van der Waals surface area contributed by atoms with E-state index in [2.05, 4.69) is 15.2 Å². The molecule has 0 radical (unpaired) electrons. The molecule has 1 aliphatic rings. The third-order valence-electron chi connectivity index (χ3n) is 2.40. The van der Waals surface area contributed by atoms with Gasteiger partial charge in [-0.25, -0.2) is 4.98 Å². The number of rotatable bonds is 2. The minimum Gasteiger partial charge on any atom is -0.354 e. The zero-order valence-electron chi connectivity index (χ0n) is 8.78. The van der Waals surface area contributed by atoms with Gasteiger partial charge < -0.3 is 16.0 Å². The number of anilines is 1. The molecular formula is C9H14N4OS. The van der Waals surface area contributed by atoms with E-state index in [4.69, 9.17) is 5.73 Å². The standard InChI is InChI=1S/C9H14N4OS/c1-5-7(8(14)11-2)15-9(12-5)13-3-6(10)4-13/h6H,3-4,10H2,1-2H3,(H,11,14). The van der Waals surface area contributed by atoms with Crippen LogP contribution < -0.4 is 16.0 Å². The monoisotopic (exact) mass is 226 g/mol. The summed E-state index contributed by atoms with van der Waals surface area (Å²) in [5, 5.41) is 3.50. The number of carbonyl (C=O) groups excluding carboxylic acids is 1. The first-order valence-electron chi connectivity index (χ1n) is 4.82. The highest BCUT2D eigenvalue weighted by Crippen LogP contribution is 2.28. The van der Waals surface area contributed by atoms with Crippen molar-refractivity contribution in [3.05, 3.63) is 10.6 Å². The summed E-state index contributed by atoms with van der Waals surface area (Å²) in [6.45, 7) is 3.52. The lowest BCUT2D eigenvalue weighted by Crippen LogP contribution is -2.55. The van der Waals surface area contributed by atoms with Crippen LogP contribution in [0.5, 0.6) is 0 Å². The first-order valence-corrected chi connectivity index (χ1v) is 5.63. The van der Waals surface area contributed by atoms with Gasteiger partial charge in [-0.15, -0.1) is 0 Å². The van der Waals surface area contributed by atoms with Crippen molar-refractivity contribution < 1.29 is 4.79 Å². The van der Waals surface area contributed by atoms with Gasteiger partial charge in [-0.3, -0.25) is 4.79 Å². The smallest absolute Gasteiger partial charge is 0.263 e. The number of hydrogen-bond donors (Lipinski definition) is 2. The van der Waals surface area contributed by atoms with Gasteiger partial charge in [0, 0.05) is 26.2 Å². The molecule has 0 bridgehead atoms. The maximum Gasteiger partial charge on any atom is 0.263 e. The lowest BCUT2D eigenvalue weighted by Gasteiger charge is -2.36. The Morgan fingerprint density at radius 2 is 2.33 bits per heavy atom. The first kappa shape index (κ1) is 10.4. The fourth-order valence-electron chi connectivity index (χ4n) is 1.51. The van der Waals surface area contributed by atoms with Crippen molar-refractivity contribution >= 4 is 22.4 Å². The van der Waals surface area contributed by atoms with Crippen molar-refractivity contribution in [2.24, 2.45) is 5.73 Å². The Labute approximate surface area is 92.3 Å². The van der Waals surface area contributed by atoms with Crippen LogP contribution in [0.3, 0.4) is 0 Å². The van der Waals surface area contributed by atoms with E-state index >= 15 is 0 Å². The topological polar surface area (TPSA) is 71.2 Å². The second kappa shape index (κ2) is 3.79. The maximum absolute atomic E-state index is 11.5. The summed E-state index contributed by atoms with van der Waals surface area (Å²) in [7, 11) is 1.63. The van der Waals surface area contributed by atoms with Gasteiger partial charge >= 0.3 is 0 Å². The van der Waals surface area contributed by atoms with Crippen LogP contribution in [0.4, 0.5) is 5.13 Å². The van der Waals surface area contributed by atoms with Gasteiger partial charge in [0.05, 0.1) is 5.69 Å². The Hall–Kier alpha value is -1.14. The highest BCUT2D eigenvalue weighted by atomic mass is 32.1. The summed E-state index contributed by atoms with van der Waals surface area (Å²) in [6, 6.07) is 0.248. The Kier molecular flexibility index (Phi) is 2.62. The number of aromatic nitrogens is 1. The second-order valence-electron chi connectivity index (χ2n) is 3.66. The molecule has 1 aromatic heterocycles. The number of amides is 1. The van der Waals surface area contributed by atoms with Crippen LogP contribution >= 0.6 is 11.3 Å². The van der Waals surface area contributed by atoms with E-state index in [0.29, 0.717) is 4.88 Å². The number of nitrogens with zero attached hydrogens (tertiary/aromatic N) is 2. The zero-order valence-corrected chi connectivity index (χ0v) is 9.60. The van der Waals surface area contributed by atoms with Crippen LogP contribution in [0.1, 0.15) is 15.4 Å². The predicted molar refractivity (Wildman–Crippen MR) is 60.4 cm³/mol. The van der Waals surface area contributed by atoms with Gasteiger partial charge in [-0.2, -0.15) is 0 Å². The normalized spacial score (nSPS) is 16.3. The molecule has 15 heavy (non-hydrogen) atoms. The minimum absolute atomic E-state index is 0.0685. The summed E-state index contributed by atoms with van der Waals surface area (Å²) in [5.41, 5.74) is 6.48. The average molecular weight is 226 g/mol. The van der Waals surface area contributed by atoms with E-state index in [1.165, 1.54) is 11.3 Å². The SMILES string of the molecule is CNC(=O)c1sc(N2CC(N)C2)nc1C. The van der Waals surface area contributed by atoms with Gasteiger partial charge in [0.1, 0.15) is 4.88 Å². The first-order chi connectivity index (χ1) is 7.11. The van der Waals surface area contributed by atoms with E-state index in [-0.39, 0.29) is 11.9 Å². The maximum atomic E-state index is 11.5. The van der Waals surface area contributed by atoms with Crippen molar-refractivity contribution in [1.82, 2.24) is 10.3 Å². The molecule has 1 saturated heterocycles. The molecule has 0 spiro atoms. The van der Waals surface area contributed by atoms with Crippen LogP contribution in [-0.4, -0.2) is 37.1 Å². The molecule has 1 aliphatic heterocycles. The summed E-state index contributed by atoms with van der Waals surface area (Å²) in [5.74, 6) is -0.0685. The molecule has 0 saturated carbocycles. The van der Waals surface area contributed by atoms with Gasteiger partial charge in [-0.05, 0) is 6.92 Å². The molecule has 0 atom stereocenters. The number of nitrogens with one attached hydrogen (secondary N) is 1. The summed E-state index contributed by atoms with van der Waals surface area (Å²) < 4.78 is 0. The molecule has 1 amide bonds. The molecule has 82 valence electrons. The number of nitrogens with two attached hydrogens (primary N) is 1. The van der Waals surface area contributed by atoms with E-state index < -0.39 is 0 Å². The third-order valence-corrected chi connectivity index (χ3v) is 3.62. The zero-order chi connectivity index (χ0) is 11.0. The van der Waals surface area contributed by atoms with E-state index in [9.17, 15) is 4.79 Å². The quantitative estimate of drug-likeness (QED) is 0.742. The number of aryl methyl sites for hydroxylation is 1. The van der Waals surface area contributed by atoms with Crippen LogP contribution in [0.2, 0.25) is 0 Å². The Balaban J connectivity index is 2.18. The Morgan fingerprint density at radius 1 is 1.67 bits per heavy atom. The van der Waals surface area contributed by atoms with E-state index in [1.54, 1.807) is 7.05 Å². The lowest BCUT2D eigenvalue weighted by atomic mass is 10.1. The molecule has 1 aromatic rings. The Bertz CT molecular complexity index is 383. The summed E-state index contributed by atoms with van der Waals surface area (Å²) in [4.78, 5) is 18.6. The predicted octanol–water partition coefficient (Wildman–Crippen LogP) is -0.0416. The van der Waals surface area contributed by atoms with Crippen molar-refractivity contribution in [1.29, 1.82) is 0 Å². The van der Waals surface area contributed by atoms with Crippen LogP contribution in [0, 0.1) is 6.92 Å². The molecule has 3 N–H and O–H groups in total. The molecule has 5 nitrogen and oxygen atoms in total. The van der Waals surface area contributed by atoms with Gasteiger partial charge in [0.2, 0.25) is 0 Å². The largest absolute Gasteiger partial charge is 0.354 e. The average Bonchev–Trinajstić information content (AvgIpc) is 2.54. The molecule has 2 rings (SSSR count). The highest BCUT2D eigenvalue weighted by molar-refractivity contribution is 7.17. The molecule has 0 aromatic carbocycles. The van der Waals surface area contributed by atoms with E-state index in [0.717, 1.165) is 23.9 Å². The molecule has 0 aliphatic carbocycles. The minimum atomic E-state index is -0.0685. The van der Waals surface area contributed by atoms with E-state index in [1.807, 2.05) is 6.92 Å². The van der Waals surface area contributed by atoms with Gasteiger partial charge in [0.25, 0.3) is 5.91 Å². The summed E-state index contributed by atoms with van der Waals surface area (Å²) in [6.07, 6.45) is 0. The van der Waals surface area contributed by atoms with Crippen molar-refractivity contribution in [2.45, 2.75) is 13.0 Å². The lowest BCUT2D eigenvalue weighted by molar-refractivity contribution is 0.0966. The highest BCUT2D eigenvalue weighted by Gasteiger charge is 2.27. The summed E-state index contributed by atoms with van der Waals surface area (Å²) >= 11 is 1.43. The van der Waals surface area contributed by atoms with Crippen LogP contribution in [0.25, 0.3) is 0 Å². The van der Waals surface area contributed by atoms with Gasteiger partial charge in [0.15, 0.2) is 5.13 Å². The second-order valence-corrected chi connectivity index (χ2v) is 4.63. The number of carbonyl (C=O) groups is 1.